The van der Waals surface area contributed by atoms with E-state index in [-0.39, 0.29) is 31.1 Å². The van der Waals surface area contributed by atoms with Gasteiger partial charge >= 0.3 is 6.09 Å². The topological polar surface area (TPSA) is 135 Å². The van der Waals surface area contributed by atoms with Crippen LogP contribution < -0.4 is 4.74 Å². The molecule has 0 radical (unpaired) electrons. The molecule has 1 N–H and O–H groups in total. The summed E-state index contributed by atoms with van der Waals surface area (Å²) in [5, 5.41) is 10.4. The number of carbonyl (C=O) groups excluding carboxylic acids is 1. The number of nitrogens with zero attached hydrogens (tertiary/aromatic N) is 2. The predicted octanol–water partition coefficient (Wildman–Crippen LogP) is 5.02. The molecule has 5 rings (SSSR count). The van der Waals surface area contributed by atoms with Gasteiger partial charge in [-0.3, -0.25) is 9.69 Å². The number of hydrogen-bond donors (Lipinski definition) is 1. The molecule has 2 amide bonds. The molecule has 3 unspecified atom stereocenters. The van der Waals surface area contributed by atoms with Crippen molar-refractivity contribution in [2.75, 3.05) is 79.2 Å². The number of amides is 2. The SMILES string of the molecule is O=C(C(c1ccc(OCCOC2CCCCO2)cc1)N(Cc1ccccc1)C(=O)O)N1CC[C@@H](OCCOCCOCCOC2CCCCO2)C1. The van der Waals surface area contributed by atoms with Crippen molar-refractivity contribution < 1.29 is 52.6 Å². The van der Waals surface area contributed by atoms with Crippen LogP contribution >= 0.6 is 0 Å². The van der Waals surface area contributed by atoms with Crippen LogP contribution in [-0.4, -0.2) is 125 Å². The maximum absolute atomic E-state index is 14.1. The fourth-order valence-corrected chi connectivity index (χ4v) is 6.35. The van der Waals surface area contributed by atoms with E-state index in [4.69, 9.17) is 37.9 Å². The zero-order valence-corrected chi connectivity index (χ0v) is 29.6. The molecule has 0 saturated carbocycles. The molecule has 13 heteroatoms. The van der Waals surface area contributed by atoms with E-state index in [2.05, 4.69) is 0 Å². The van der Waals surface area contributed by atoms with E-state index < -0.39 is 12.1 Å². The molecule has 0 bridgehead atoms. The lowest BCUT2D eigenvalue weighted by Crippen LogP contribution is -2.44. The van der Waals surface area contributed by atoms with E-state index in [0.29, 0.717) is 83.7 Å². The maximum atomic E-state index is 14.1. The molecule has 2 aromatic carbocycles. The third-order valence-electron chi connectivity index (χ3n) is 9.06. The van der Waals surface area contributed by atoms with E-state index in [1.165, 1.54) is 4.90 Å². The molecule has 0 aromatic heterocycles. The van der Waals surface area contributed by atoms with Gasteiger partial charge in [0.25, 0.3) is 0 Å². The third-order valence-corrected chi connectivity index (χ3v) is 9.06. The molecule has 0 spiro atoms. The second-order valence-corrected chi connectivity index (χ2v) is 12.8. The van der Waals surface area contributed by atoms with Crippen LogP contribution in [0.25, 0.3) is 0 Å². The first-order chi connectivity index (χ1) is 25.1. The van der Waals surface area contributed by atoms with Gasteiger partial charge in [0.2, 0.25) is 5.91 Å². The molecule has 13 nitrogen and oxygen atoms in total. The van der Waals surface area contributed by atoms with Crippen LogP contribution in [0.2, 0.25) is 0 Å². The van der Waals surface area contributed by atoms with Crippen molar-refractivity contribution in [1.82, 2.24) is 9.80 Å². The van der Waals surface area contributed by atoms with Gasteiger partial charge < -0.3 is 47.9 Å². The fourth-order valence-electron chi connectivity index (χ4n) is 6.35. The highest BCUT2D eigenvalue weighted by Crippen LogP contribution is 2.29. The Hall–Kier alpha value is -3.30. The molecule has 51 heavy (non-hydrogen) atoms. The van der Waals surface area contributed by atoms with E-state index in [0.717, 1.165) is 57.3 Å². The number of carbonyl (C=O) groups is 2. The van der Waals surface area contributed by atoms with Crippen LogP contribution in [0.5, 0.6) is 5.75 Å². The summed E-state index contributed by atoms with van der Waals surface area (Å²) in [6.07, 6.45) is 5.20. The monoisotopic (exact) mass is 714 g/mol. The first-order valence-electron chi connectivity index (χ1n) is 18.4. The van der Waals surface area contributed by atoms with Crippen molar-refractivity contribution in [3.63, 3.8) is 0 Å². The predicted molar refractivity (Wildman–Crippen MR) is 186 cm³/mol. The Morgan fingerprint density at radius 1 is 0.745 bits per heavy atom. The summed E-state index contributed by atoms with van der Waals surface area (Å²) >= 11 is 0. The highest BCUT2D eigenvalue weighted by atomic mass is 16.7. The summed E-state index contributed by atoms with van der Waals surface area (Å²) in [6, 6.07) is 15.3. The summed E-state index contributed by atoms with van der Waals surface area (Å²) in [5.74, 6) is 0.312. The highest BCUT2D eigenvalue weighted by molar-refractivity contribution is 5.87. The molecule has 3 aliphatic rings. The molecular weight excluding hydrogens is 660 g/mol. The van der Waals surface area contributed by atoms with E-state index in [9.17, 15) is 14.7 Å². The van der Waals surface area contributed by atoms with Crippen LogP contribution in [-0.2, 0) is 44.5 Å². The minimum absolute atomic E-state index is 0.0577. The molecule has 3 heterocycles. The van der Waals surface area contributed by atoms with Gasteiger partial charge in [0.15, 0.2) is 12.6 Å². The Kier molecular flexibility index (Phi) is 16.7. The lowest BCUT2D eigenvalue weighted by atomic mass is 10.0. The number of hydrogen-bond acceptors (Lipinski definition) is 10. The molecule has 2 aromatic rings. The van der Waals surface area contributed by atoms with Crippen LogP contribution in [0.1, 0.15) is 62.1 Å². The zero-order chi connectivity index (χ0) is 35.5. The number of rotatable bonds is 21. The van der Waals surface area contributed by atoms with Gasteiger partial charge in [0.1, 0.15) is 18.4 Å². The molecule has 0 aliphatic carbocycles. The van der Waals surface area contributed by atoms with Gasteiger partial charge in [0.05, 0.1) is 58.9 Å². The van der Waals surface area contributed by atoms with Gasteiger partial charge in [-0.2, -0.15) is 0 Å². The second kappa shape index (κ2) is 21.9. The molecule has 282 valence electrons. The Balaban J connectivity index is 1.07. The number of carboxylic acid groups (broad SMARTS) is 1. The van der Waals surface area contributed by atoms with Gasteiger partial charge in [-0.1, -0.05) is 42.5 Å². The first kappa shape index (κ1) is 38.9. The lowest BCUT2D eigenvalue weighted by Gasteiger charge is -2.32. The average Bonchev–Trinajstić information content (AvgIpc) is 3.64. The minimum atomic E-state index is -1.18. The van der Waals surface area contributed by atoms with Crippen LogP contribution in [0.3, 0.4) is 0 Å². The Labute approximate surface area is 301 Å². The summed E-state index contributed by atoms with van der Waals surface area (Å²) in [4.78, 5) is 29.7. The summed E-state index contributed by atoms with van der Waals surface area (Å²) in [6.45, 7) is 5.78. The van der Waals surface area contributed by atoms with Gasteiger partial charge in [-0.05, 0) is 68.2 Å². The smallest absolute Gasteiger partial charge is 0.408 e. The number of benzene rings is 2. The third kappa shape index (κ3) is 13.3. The first-order valence-corrected chi connectivity index (χ1v) is 18.4. The number of ether oxygens (including phenoxy) is 8. The summed E-state index contributed by atoms with van der Waals surface area (Å²) < 4.78 is 45.7. The standard InChI is InChI=1S/C38H54N2O11/c41-37(39-17-16-33(29-39)47-24-22-44-20-21-45-23-25-50-34-10-4-6-18-48-34)36(40(38(42)43)28-30-8-2-1-3-9-30)31-12-14-32(15-13-31)46-26-27-51-35-11-5-7-19-49-35/h1-3,8-9,12-15,33-36H,4-7,10-11,16-29H2,(H,42,43)/t33-,34?,35?,36?/m1/s1. The summed E-state index contributed by atoms with van der Waals surface area (Å²) in [5.41, 5.74) is 1.35. The van der Waals surface area contributed by atoms with Crippen molar-refractivity contribution in [2.45, 2.75) is 76.2 Å². The molecule has 3 saturated heterocycles. The Morgan fingerprint density at radius 3 is 1.96 bits per heavy atom. The number of likely N-dealkylation sites (tertiary alicyclic amines) is 1. The molecule has 3 aliphatic heterocycles. The average molecular weight is 715 g/mol. The van der Waals surface area contributed by atoms with E-state index in [1.807, 2.05) is 30.3 Å². The normalized spacial score (nSPS) is 21.3. The molecular formula is C38H54N2O11. The van der Waals surface area contributed by atoms with Crippen molar-refractivity contribution in [3.05, 3.63) is 65.7 Å². The largest absolute Gasteiger partial charge is 0.491 e. The summed E-state index contributed by atoms with van der Waals surface area (Å²) in [7, 11) is 0. The second-order valence-electron chi connectivity index (χ2n) is 12.8. The Morgan fingerprint density at radius 2 is 1.35 bits per heavy atom. The van der Waals surface area contributed by atoms with E-state index >= 15 is 0 Å². The van der Waals surface area contributed by atoms with Gasteiger partial charge in [0, 0.05) is 26.3 Å². The van der Waals surface area contributed by atoms with Crippen LogP contribution in [0.15, 0.2) is 54.6 Å². The molecule has 3 fully saturated rings. The highest BCUT2D eigenvalue weighted by Gasteiger charge is 2.37. The van der Waals surface area contributed by atoms with Crippen molar-refractivity contribution in [2.24, 2.45) is 0 Å². The fraction of sp³-hybridized carbons (Fsp3) is 0.632. The molecule has 4 atom stereocenters. The van der Waals surface area contributed by atoms with Crippen LogP contribution in [0.4, 0.5) is 4.79 Å². The van der Waals surface area contributed by atoms with Crippen LogP contribution in [0, 0.1) is 0 Å². The zero-order valence-electron chi connectivity index (χ0n) is 29.6. The van der Waals surface area contributed by atoms with Crippen molar-refractivity contribution in [3.8, 4) is 5.75 Å². The van der Waals surface area contributed by atoms with E-state index in [1.54, 1.807) is 29.2 Å². The Bertz CT molecular complexity index is 1270. The van der Waals surface area contributed by atoms with Crippen molar-refractivity contribution in [1.29, 1.82) is 0 Å². The minimum Gasteiger partial charge on any atom is -0.491 e. The quantitative estimate of drug-likeness (QED) is 0.175. The maximum Gasteiger partial charge on any atom is 0.408 e. The lowest BCUT2D eigenvalue weighted by molar-refractivity contribution is -0.169. The van der Waals surface area contributed by atoms with Gasteiger partial charge in [-0.15, -0.1) is 0 Å². The van der Waals surface area contributed by atoms with Crippen molar-refractivity contribution >= 4 is 12.0 Å². The van der Waals surface area contributed by atoms with Gasteiger partial charge in [-0.25, -0.2) is 4.79 Å².